The summed E-state index contributed by atoms with van der Waals surface area (Å²) in [5, 5.41) is 5.83. The van der Waals surface area contributed by atoms with Crippen molar-refractivity contribution in [1.29, 1.82) is 0 Å². The molecule has 0 spiro atoms. The Balaban J connectivity index is 1.80. The quantitative estimate of drug-likeness (QED) is 0.656. The summed E-state index contributed by atoms with van der Waals surface area (Å²) in [6, 6.07) is 11.6. The fraction of sp³-hybridized carbons (Fsp3) is 0.200. The third kappa shape index (κ3) is 4.20. The third-order valence-electron chi connectivity index (χ3n) is 2.64. The summed E-state index contributed by atoms with van der Waals surface area (Å²) in [7, 11) is 0. The predicted molar refractivity (Wildman–Crippen MR) is 81.4 cm³/mol. The summed E-state index contributed by atoms with van der Waals surface area (Å²) in [6.07, 6.45) is 2.48. The fourth-order valence-electron chi connectivity index (χ4n) is 1.64. The number of amides is 1. The van der Waals surface area contributed by atoms with Gasteiger partial charge in [-0.05, 0) is 29.5 Å². The van der Waals surface area contributed by atoms with E-state index in [1.165, 1.54) is 0 Å². The number of aryl methyl sites for hydroxylation is 1. The van der Waals surface area contributed by atoms with Crippen LogP contribution in [0.4, 0.5) is 0 Å². The molecule has 1 aromatic heterocycles. The number of para-hydroxylation sites is 1. The van der Waals surface area contributed by atoms with Crippen molar-refractivity contribution in [3.63, 3.8) is 0 Å². The molecule has 5 heteroatoms. The third-order valence-corrected chi connectivity index (χ3v) is 3.44. The molecule has 4 nitrogen and oxygen atoms in total. The molecule has 0 unspecified atom stereocenters. The molecule has 0 bridgehead atoms. The second-order valence-electron chi connectivity index (χ2n) is 4.06. The molecule has 0 aliphatic heterocycles. The topological polar surface area (TPSA) is 50.7 Å². The van der Waals surface area contributed by atoms with Crippen LogP contribution < -0.4 is 10.2 Å². The van der Waals surface area contributed by atoms with Crippen molar-refractivity contribution in [2.75, 3.05) is 6.61 Å². The minimum absolute atomic E-state index is 0.0429. The van der Waals surface area contributed by atoms with Gasteiger partial charge in [0, 0.05) is 4.88 Å². The number of carbonyl (C=O) groups excluding carboxylic acids is 1. The van der Waals surface area contributed by atoms with Crippen molar-refractivity contribution < 1.29 is 9.53 Å². The fourth-order valence-corrected chi connectivity index (χ4v) is 2.23. The zero-order valence-electron chi connectivity index (χ0n) is 11.2. The van der Waals surface area contributed by atoms with Crippen molar-refractivity contribution >= 4 is 23.5 Å². The van der Waals surface area contributed by atoms with Crippen LogP contribution in [0.1, 0.15) is 17.4 Å². The lowest BCUT2D eigenvalue weighted by Gasteiger charge is -2.08. The largest absolute Gasteiger partial charge is 0.483 e. The molecule has 1 amide bonds. The molecule has 0 atom stereocenters. The van der Waals surface area contributed by atoms with Crippen LogP contribution in [0.25, 0.3) is 0 Å². The second-order valence-corrected chi connectivity index (χ2v) is 5.04. The Morgan fingerprint density at radius 3 is 2.95 bits per heavy atom. The smallest absolute Gasteiger partial charge is 0.277 e. The normalized spacial score (nSPS) is 10.7. The molecule has 0 saturated heterocycles. The zero-order valence-corrected chi connectivity index (χ0v) is 12.0. The molecule has 2 aromatic rings. The average molecular weight is 288 g/mol. The number of ether oxygens (including phenoxy) is 1. The number of hydrogen-bond donors (Lipinski definition) is 1. The van der Waals surface area contributed by atoms with Crippen LogP contribution in [0.3, 0.4) is 0 Å². The molecular weight excluding hydrogens is 272 g/mol. The van der Waals surface area contributed by atoms with E-state index in [2.05, 4.69) is 10.5 Å². The summed E-state index contributed by atoms with van der Waals surface area (Å²) < 4.78 is 5.49. The molecule has 1 aromatic carbocycles. The summed E-state index contributed by atoms with van der Waals surface area (Å²) >= 11 is 1.56. The monoisotopic (exact) mass is 288 g/mol. The number of hydrogen-bond acceptors (Lipinski definition) is 4. The Hall–Kier alpha value is -2.14. The standard InChI is InChI=1S/C15H16N2O2S/c1-2-12-6-3-4-8-14(12)19-11-15(18)17-16-10-13-7-5-9-20-13/h3-10H,2,11H2,1H3,(H,17,18)/b16-10+. The van der Waals surface area contributed by atoms with Gasteiger partial charge in [0.2, 0.25) is 0 Å². The molecule has 104 valence electrons. The van der Waals surface area contributed by atoms with E-state index in [1.54, 1.807) is 17.6 Å². The Kier molecular flexibility index (Phi) is 5.32. The SMILES string of the molecule is CCc1ccccc1OCC(=O)N/N=C/c1cccs1. The van der Waals surface area contributed by atoms with Crippen LogP contribution in [-0.2, 0) is 11.2 Å². The lowest BCUT2D eigenvalue weighted by atomic mass is 10.1. The minimum Gasteiger partial charge on any atom is -0.483 e. The van der Waals surface area contributed by atoms with Crippen LogP contribution in [0.2, 0.25) is 0 Å². The summed E-state index contributed by atoms with van der Waals surface area (Å²) in [5.74, 6) is 0.469. The molecular formula is C15H16N2O2S. The molecule has 1 N–H and O–H groups in total. The van der Waals surface area contributed by atoms with Gasteiger partial charge in [0.25, 0.3) is 5.91 Å². The maximum absolute atomic E-state index is 11.6. The highest BCUT2D eigenvalue weighted by molar-refractivity contribution is 7.11. The summed E-state index contributed by atoms with van der Waals surface area (Å²) in [6.45, 7) is 2.01. The molecule has 0 aliphatic carbocycles. The number of thiophene rings is 1. The van der Waals surface area contributed by atoms with Crippen molar-refractivity contribution in [2.45, 2.75) is 13.3 Å². The maximum atomic E-state index is 11.6. The first-order valence-electron chi connectivity index (χ1n) is 6.35. The summed E-state index contributed by atoms with van der Waals surface area (Å²) in [5.41, 5.74) is 3.53. The molecule has 20 heavy (non-hydrogen) atoms. The minimum atomic E-state index is -0.274. The van der Waals surface area contributed by atoms with Crippen molar-refractivity contribution in [1.82, 2.24) is 5.43 Å². The first kappa shape index (κ1) is 14.3. The Morgan fingerprint density at radius 1 is 1.35 bits per heavy atom. The van der Waals surface area contributed by atoms with Gasteiger partial charge >= 0.3 is 0 Å². The van der Waals surface area contributed by atoms with Gasteiger partial charge in [-0.1, -0.05) is 31.2 Å². The van der Waals surface area contributed by atoms with Crippen LogP contribution in [0, 0.1) is 0 Å². The molecule has 0 saturated carbocycles. The number of carbonyl (C=O) groups is 1. The Morgan fingerprint density at radius 2 is 2.20 bits per heavy atom. The van der Waals surface area contributed by atoms with Gasteiger partial charge in [-0.15, -0.1) is 11.3 Å². The average Bonchev–Trinajstić information content (AvgIpc) is 2.98. The highest BCUT2D eigenvalue weighted by Crippen LogP contribution is 2.17. The van der Waals surface area contributed by atoms with E-state index in [4.69, 9.17) is 4.74 Å². The predicted octanol–water partition coefficient (Wildman–Crippen LogP) is 2.84. The van der Waals surface area contributed by atoms with Crippen molar-refractivity contribution in [2.24, 2.45) is 5.10 Å². The molecule has 0 fully saturated rings. The Labute approximate surface area is 122 Å². The first-order valence-corrected chi connectivity index (χ1v) is 7.23. The van der Waals surface area contributed by atoms with Gasteiger partial charge < -0.3 is 4.74 Å². The number of hydrazone groups is 1. The van der Waals surface area contributed by atoms with E-state index >= 15 is 0 Å². The number of nitrogens with zero attached hydrogens (tertiary/aromatic N) is 1. The van der Waals surface area contributed by atoms with Gasteiger partial charge in [0.1, 0.15) is 5.75 Å². The second kappa shape index (κ2) is 7.45. The first-order chi connectivity index (χ1) is 9.79. The van der Waals surface area contributed by atoms with Gasteiger partial charge in [-0.2, -0.15) is 5.10 Å². The van der Waals surface area contributed by atoms with Crippen LogP contribution in [-0.4, -0.2) is 18.7 Å². The van der Waals surface area contributed by atoms with Gasteiger partial charge in [-0.25, -0.2) is 5.43 Å². The van der Waals surface area contributed by atoms with E-state index in [-0.39, 0.29) is 12.5 Å². The highest BCUT2D eigenvalue weighted by Gasteiger charge is 2.04. The van der Waals surface area contributed by atoms with E-state index < -0.39 is 0 Å². The van der Waals surface area contributed by atoms with E-state index in [0.717, 1.165) is 22.6 Å². The maximum Gasteiger partial charge on any atom is 0.277 e. The van der Waals surface area contributed by atoms with Crippen LogP contribution >= 0.6 is 11.3 Å². The van der Waals surface area contributed by atoms with Crippen LogP contribution in [0.15, 0.2) is 46.9 Å². The van der Waals surface area contributed by atoms with E-state index in [9.17, 15) is 4.79 Å². The number of benzene rings is 1. The zero-order chi connectivity index (χ0) is 14.2. The molecule has 0 aliphatic rings. The van der Waals surface area contributed by atoms with Gasteiger partial charge in [0.15, 0.2) is 6.61 Å². The number of nitrogens with one attached hydrogen (secondary N) is 1. The van der Waals surface area contributed by atoms with E-state index in [0.29, 0.717) is 0 Å². The molecule has 1 heterocycles. The highest BCUT2D eigenvalue weighted by atomic mass is 32.1. The Bertz CT molecular complexity index is 579. The lowest BCUT2D eigenvalue weighted by Crippen LogP contribution is -2.24. The van der Waals surface area contributed by atoms with Crippen molar-refractivity contribution in [3.05, 3.63) is 52.2 Å². The van der Waals surface area contributed by atoms with Crippen molar-refractivity contribution in [3.8, 4) is 5.75 Å². The molecule has 0 radical (unpaired) electrons. The van der Waals surface area contributed by atoms with Gasteiger partial charge in [-0.3, -0.25) is 4.79 Å². The molecule has 2 rings (SSSR count). The lowest BCUT2D eigenvalue weighted by molar-refractivity contribution is -0.123. The van der Waals surface area contributed by atoms with Gasteiger partial charge in [0.05, 0.1) is 6.21 Å². The van der Waals surface area contributed by atoms with E-state index in [1.807, 2.05) is 48.7 Å². The van der Waals surface area contributed by atoms with Crippen LogP contribution in [0.5, 0.6) is 5.75 Å². The number of rotatable bonds is 6. The summed E-state index contributed by atoms with van der Waals surface area (Å²) in [4.78, 5) is 12.6.